The van der Waals surface area contributed by atoms with Crippen molar-refractivity contribution in [3.8, 4) is 17.9 Å². The molecule has 5 rings (SSSR count). The van der Waals surface area contributed by atoms with Crippen LogP contribution in [0.4, 0.5) is 0 Å². The summed E-state index contributed by atoms with van der Waals surface area (Å²) in [6.45, 7) is 4.50. The van der Waals surface area contributed by atoms with E-state index in [4.69, 9.17) is 4.74 Å². The molecule has 4 saturated carbocycles. The minimum Gasteiger partial charge on any atom is -0.425 e. The van der Waals surface area contributed by atoms with Crippen LogP contribution < -0.4 is 4.74 Å². The van der Waals surface area contributed by atoms with Crippen LogP contribution in [0.1, 0.15) is 152 Å². The molecule has 1 aromatic carbocycles. The summed E-state index contributed by atoms with van der Waals surface area (Å²) in [4.78, 5) is 13.5. The quantitative estimate of drug-likeness (QED) is 0.172. The third kappa shape index (κ3) is 6.06. The number of esters is 1. The number of fused-ring (bicyclic) bond motifs is 3. The standard InChI is InChI=1S/C33H46N2O2/c1-3-5-7-9-25-10-12-26(13-11-25)27-14-15-30(29(24-35)28(27)23-34)37-31(36)33-20-17-32(18-21-33,19-22-33)16-8-6-4-2/h14-15,25-26H,3-13,16-22H2,1-2H3. The fourth-order valence-corrected chi connectivity index (χ4v) is 7.60. The van der Waals surface area contributed by atoms with Gasteiger partial charge < -0.3 is 4.74 Å². The molecule has 4 fully saturated rings. The topological polar surface area (TPSA) is 73.9 Å². The predicted molar refractivity (Wildman–Crippen MR) is 147 cm³/mol. The Hall–Kier alpha value is -2.33. The number of hydrogen-bond acceptors (Lipinski definition) is 4. The minimum atomic E-state index is -0.416. The maximum absolute atomic E-state index is 13.5. The van der Waals surface area contributed by atoms with E-state index < -0.39 is 5.41 Å². The molecule has 4 nitrogen and oxygen atoms in total. The summed E-state index contributed by atoms with van der Waals surface area (Å²) in [7, 11) is 0. The van der Waals surface area contributed by atoms with Crippen molar-refractivity contribution in [2.45, 2.75) is 135 Å². The van der Waals surface area contributed by atoms with E-state index in [1.807, 2.05) is 6.07 Å². The molecule has 37 heavy (non-hydrogen) atoms. The Morgan fingerprint density at radius 2 is 1.49 bits per heavy atom. The fraction of sp³-hybridized carbons (Fsp3) is 0.727. The van der Waals surface area contributed by atoms with Crippen LogP contribution in [-0.4, -0.2) is 5.97 Å². The second-order valence-electron chi connectivity index (χ2n) is 12.5. The van der Waals surface area contributed by atoms with Gasteiger partial charge in [-0.3, -0.25) is 4.79 Å². The zero-order valence-electron chi connectivity index (χ0n) is 23.2. The third-order valence-corrected chi connectivity index (χ3v) is 10.3. The van der Waals surface area contributed by atoms with Gasteiger partial charge in [0.1, 0.15) is 23.5 Å². The number of hydrogen-bond donors (Lipinski definition) is 0. The van der Waals surface area contributed by atoms with Crippen LogP contribution in [0.3, 0.4) is 0 Å². The molecular formula is C33H46N2O2. The maximum Gasteiger partial charge on any atom is 0.317 e. The Balaban J connectivity index is 1.42. The highest BCUT2D eigenvalue weighted by Gasteiger charge is 2.53. The Morgan fingerprint density at radius 1 is 0.865 bits per heavy atom. The molecule has 4 aliphatic rings. The van der Waals surface area contributed by atoms with E-state index in [1.54, 1.807) is 6.07 Å². The van der Waals surface area contributed by atoms with E-state index in [1.165, 1.54) is 64.2 Å². The number of carbonyl (C=O) groups is 1. The Bertz CT molecular complexity index is 997. The van der Waals surface area contributed by atoms with Crippen molar-refractivity contribution in [3.05, 3.63) is 28.8 Å². The summed E-state index contributed by atoms with van der Waals surface area (Å²) >= 11 is 0. The molecule has 0 radical (unpaired) electrons. The average molecular weight is 503 g/mol. The number of nitrogens with zero attached hydrogens (tertiary/aromatic N) is 2. The van der Waals surface area contributed by atoms with Crippen molar-refractivity contribution in [3.63, 3.8) is 0 Å². The first kappa shape index (κ1) is 27.7. The second kappa shape index (κ2) is 12.5. The van der Waals surface area contributed by atoms with Gasteiger partial charge in [0, 0.05) is 0 Å². The van der Waals surface area contributed by atoms with Crippen molar-refractivity contribution in [1.29, 1.82) is 10.5 Å². The van der Waals surface area contributed by atoms with Gasteiger partial charge in [-0.15, -0.1) is 0 Å². The van der Waals surface area contributed by atoms with E-state index in [0.29, 0.717) is 16.9 Å². The van der Waals surface area contributed by atoms with Crippen LogP contribution >= 0.6 is 0 Å². The Labute approximate surface area is 224 Å². The molecular weight excluding hydrogens is 456 g/mol. The number of ether oxygens (including phenoxy) is 1. The number of rotatable bonds is 11. The lowest BCUT2D eigenvalue weighted by Crippen LogP contribution is -2.47. The summed E-state index contributed by atoms with van der Waals surface area (Å²) < 4.78 is 5.97. The Morgan fingerprint density at radius 3 is 2.08 bits per heavy atom. The molecule has 4 heteroatoms. The summed E-state index contributed by atoms with van der Waals surface area (Å²) in [5.41, 5.74) is 1.65. The molecule has 0 aliphatic heterocycles. The summed E-state index contributed by atoms with van der Waals surface area (Å²) in [5.74, 6) is 1.19. The van der Waals surface area contributed by atoms with Gasteiger partial charge in [0.25, 0.3) is 0 Å². The molecule has 0 saturated heterocycles. The van der Waals surface area contributed by atoms with Gasteiger partial charge in [0.05, 0.1) is 11.0 Å². The van der Waals surface area contributed by atoms with Crippen molar-refractivity contribution in [2.24, 2.45) is 16.7 Å². The predicted octanol–water partition coefficient (Wildman–Crippen LogP) is 9.11. The van der Waals surface area contributed by atoms with E-state index in [9.17, 15) is 15.3 Å². The smallest absolute Gasteiger partial charge is 0.317 e. The lowest BCUT2D eigenvalue weighted by molar-refractivity contribution is -0.156. The normalized spacial score (nSPS) is 28.9. The van der Waals surface area contributed by atoms with Crippen LogP contribution in [0, 0.1) is 39.4 Å². The highest BCUT2D eigenvalue weighted by Crippen LogP contribution is 2.59. The lowest BCUT2D eigenvalue weighted by atomic mass is 9.52. The summed E-state index contributed by atoms with van der Waals surface area (Å²) in [6, 6.07) is 8.28. The maximum atomic E-state index is 13.5. The fourth-order valence-electron chi connectivity index (χ4n) is 7.60. The monoisotopic (exact) mass is 502 g/mol. The zero-order valence-corrected chi connectivity index (χ0v) is 23.2. The molecule has 1 aromatic rings. The van der Waals surface area contributed by atoms with Crippen molar-refractivity contribution in [1.82, 2.24) is 0 Å². The van der Waals surface area contributed by atoms with Crippen molar-refractivity contribution >= 4 is 5.97 Å². The Kier molecular flexibility index (Phi) is 9.34. The van der Waals surface area contributed by atoms with Gasteiger partial charge >= 0.3 is 5.97 Å². The molecule has 0 heterocycles. The van der Waals surface area contributed by atoms with Gasteiger partial charge in [-0.2, -0.15) is 10.5 Å². The van der Waals surface area contributed by atoms with Crippen LogP contribution in [0.5, 0.6) is 5.75 Å². The van der Waals surface area contributed by atoms with Gasteiger partial charge in [-0.25, -0.2) is 0 Å². The van der Waals surface area contributed by atoms with Crippen molar-refractivity contribution < 1.29 is 9.53 Å². The molecule has 0 aromatic heterocycles. The highest BCUT2D eigenvalue weighted by molar-refractivity contribution is 5.80. The van der Waals surface area contributed by atoms with Gasteiger partial charge in [-0.05, 0) is 99.5 Å². The molecule has 200 valence electrons. The lowest BCUT2D eigenvalue weighted by Gasteiger charge is -2.52. The molecule has 0 atom stereocenters. The number of nitriles is 2. The van der Waals surface area contributed by atoms with Gasteiger partial charge in [0.15, 0.2) is 0 Å². The van der Waals surface area contributed by atoms with E-state index in [2.05, 4.69) is 26.0 Å². The first-order valence-corrected chi connectivity index (χ1v) is 15.2. The molecule has 4 aliphatic carbocycles. The van der Waals surface area contributed by atoms with Crippen molar-refractivity contribution in [2.75, 3.05) is 0 Å². The second-order valence-corrected chi connectivity index (χ2v) is 12.5. The largest absolute Gasteiger partial charge is 0.425 e. The molecule has 0 spiro atoms. The summed E-state index contributed by atoms with van der Waals surface area (Å²) in [6.07, 6.45) is 20.9. The first-order valence-electron chi connectivity index (χ1n) is 15.2. The number of carbonyl (C=O) groups excluding carboxylic acids is 1. The number of benzene rings is 1. The van der Waals surface area contributed by atoms with Crippen LogP contribution in [0.25, 0.3) is 0 Å². The first-order chi connectivity index (χ1) is 18.0. The average Bonchev–Trinajstić information content (AvgIpc) is 2.94. The van der Waals surface area contributed by atoms with Crippen LogP contribution in [-0.2, 0) is 4.79 Å². The highest BCUT2D eigenvalue weighted by atomic mass is 16.5. The molecule has 0 N–H and O–H groups in total. The molecule has 0 amide bonds. The van der Waals surface area contributed by atoms with Gasteiger partial charge in [0.2, 0.25) is 0 Å². The molecule has 0 unspecified atom stereocenters. The SMILES string of the molecule is CCCCCC1CCC(c2ccc(OC(=O)C34CCC(CCCCC)(CC3)CC4)c(C#N)c2C#N)CC1. The van der Waals surface area contributed by atoms with E-state index in [0.717, 1.165) is 62.8 Å². The van der Waals surface area contributed by atoms with E-state index >= 15 is 0 Å². The summed E-state index contributed by atoms with van der Waals surface area (Å²) in [5, 5.41) is 20.1. The van der Waals surface area contributed by atoms with Crippen LogP contribution in [0.15, 0.2) is 12.1 Å². The molecule has 2 bridgehead atoms. The van der Waals surface area contributed by atoms with E-state index in [-0.39, 0.29) is 17.3 Å². The zero-order chi connectivity index (χ0) is 26.3. The third-order valence-electron chi connectivity index (χ3n) is 10.3. The number of unbranched alkanes of at least 4 members (excludes halogenated alkanes) is 4. The van der Waals surface area contributed by atoms with Crippen LogP contribution in [0.2, 0.25) is 0 Å². The minimum absolute atomic E-state index is 0.185. The van der Waals surface area contributed by atoms with Gasteiger partial charge in [-0.1, -0.05) is 64.9 Å².